The van der Waals surface area contributed by atoms with Gasteiger partial charge in [-0.25, -0.2) is 8.42 Å². The number of morpholine rings is 1. The van der Waals surface area contributed by atoms with Crippen molar-refractivity contribution < 1.29 is 17.9 Å². The smallest absolute Gasteiger partial charge is 0.279 e. The fourth-order valence-corrected chi connectivity index (χ4v) is 5.83. The van der Waals surface area contributed by atoms with Crippen LogP contribution in [0.5, 0.6) is 0 Å². The van der Waals surface area contributed by atoms with Crippen molar-refractivity contribution in [2.75, 3.05) is 26.3 Å². The fraction of sp³-hybridized carbons (Fsp3) is 0.238. The zero-order valence-electron chi connectivity index (χ0n) is 16.5. The molecular weight excluding hydrogens is 458 g/mol. The van der Waals surface area contributed by atoms with Crippen LogP contribution >= 0.6 is 22.9 Å². The number of amides is 1. The van der Waals surface area contributed by atoms with Gasteiger partial charge in [0.25, 0.3) is 5.91 Å². The quantitative estimate of drug-likeness (QED) is 0.565. The lowest BCUT2D eigenvalue weighted by atomic mass is 10.2. The Kier molecular flexibility index (Phi) is 6.68. The van der Waals surface area contributed by atoms with Gasteiger partial charge in [-0.2, -0.15) is 9.30 Å². The van der Waals surface area contributed by atoms with E-state index in [1.54, 1.807) is 0 Å². The number of carbonyl (C=O) groups excluding carboxylic acids is 1. The molecule has 0 aliphatic carbocycles. The number of ether oxygens (including phenoxy) is 1. The Morgan fingerprint density at radius 1 is 1.13 bits per heavy atom. The molecule has 0 saturated carbocycles. The number of sulfonamides is 1. The molecule has 1 aliphatic heterocycles. The van der Waals surface area contributed by atoms with E-state index in [2.05, 4.69) is 4.99 Å². The summed E-state index contributed by atoms with van der Waals surface area (Å²) in [4.78, 5) is 17.5. The van der Waals surface area contributed by atoms with Gasteiger partial charge in [0, 0.05) is 36.8 Å². The number of carbonyl (C=O) groups is 1. The van der Waals surface area contributed by atoms with E-state index < -0.39 is 15.9 Å². The van der Waals surface area contributed by atoms with Gasteiger partial charge in [-0.15, -0.1) is 11.3 Å². The summed E-state index contributed by atoms with van der Waals surface area (Å²) >= 11 is 7.52. The molecule has 0 unspecified atom stereocenters. The van der Waals surface area contributed by atoms with Crippen LogP contribution in [0, 0.1) is 0 Å². The molecule has 10 heteroatoms. The summed E-state index contributed by atoms with van der Waals surface area (Å²) in [7, 11) is -3.83. The molecule has 1 saturated heterocycles. The van der Waals surface area contributed by atoms with Crippen molar-refractivity contribution in [3.05, 3.63) is 81.1 Å². The summed E-state index contributed by atoms with van der Waals surface area (Å²) in [5.74, 6) is -0.528. The second-order valence-corrected chi connectivity index (χ2v) is 10.1. The standard InChI is InChI=1S/C21H20ClN3O4S2/c22-18-7-6-17(14-19(18)31(27,28)25-8-11-29-12-9-25)20(26)23-21-24(10-13-30-21)15-16-4-2-1-3-5-16/h1-7,10,13-14H,8-9,11-12,15H2. The van der Waals surface area contributed by atoms with Crippen LogP contribution in [-0.4, -0.2) is 49.5 Å². The molecule has 0 spiro atoms. The average molecular weight is 478 g/mol. The van der Waals surface area contributed by atoms with Crippen LogP contribution in [-0.2, 0) is 21.3 Å². The Hall–Kier alpha value is -2.30. The third kappa shape index (κ3) is 4.97. The minimum absolute atomic E-state index is 0.0679. The molecule has 7 nitrogen and oxygen atoms in total. The number of nitrogens with zero attached hydrogens (tertiary/aromatic N) is 3. The normalized spacial score (nSPS) is 15.8. The van der Waals surface area contributed by atoms with E-state index in [9.17, 15) is 13.2 Å². The summed E-state index contributed by atoms with van der Waals surface area (Å²) in [6.07, 6.45) is 1.86. The van der Waals surface area contributed by atoms with Gasteiger partial charge in [-0.3, -0.25) is 4.79 Å². The Balaban J connectivity index is 1.63. The minimum Gasteiger partial charge on any atom is -0.379 e. The molecule has 0 N–H and O–H groups in total. The zero-order chi connectivity index (χ0) is 21.8. The van der Waals surface area contributed by atoms with Crippen molar-refractivity contribution in [1.29, 1.82) is 0 Å². The highest BCUT2D eigenvalue weighted by molar-refractivity contribution is 7.89. The first-order valence-electron chi connectivity index (χ1n) is 9.59. The van der Waals surface area contributed by atoms with Gasteiger partial charge in [0.2, 0.25) is 10.0 Å². The molecule has 0 radical (unpaired) electrons. The molecule has 31 heavy (non-hydrogen) atoms. The maximum absolute atomic E-state index is 13.0. The number of thiazole rings is 1. The first-order chi connectivity index (χ1) is 14.9. The molecule has 2 heterocycles. The zero-order valence-corrected chi connectivity index (χ0v) is 18.9. The molecule has 1 aliphatic rings. The van der Waals surface area contributed by atoms with Gasteiger partial charge in [-0.05, 0) is 23.8 Å². The van der Waals surface area contributed by atoms with E-state index in [-0.39, 0.29) is 28.6 Å². The third-order valence-corrected chi connectivity index (χ3v) is 7.99. The fourth-order valence-electron chi connectivity index (χ4n) is 3.20. The van der Waals surface area contributed by atoms with Crippen LogP contribution in [0.4, 0.5) is 0 Å². The second kappa shape index (κ2) is 9.46. The third-order valence-electron chi connectivity index (χ3n) is 4.82. The molecule has 1 fully saturated rings. The number of halogens is 1. The van der Waals surface area contributed by atoms with Crippen LogP contribution in [0.1, 0.15) is 15.9 Å². The van der Waals surface area contributed by atoms with Crippen molar-refractivity contribution >= 4 is 38.9 Å². The monoisotopic (exact) mass is 477 g/mol. The van der Waals surface area contributed by atoms with Crippen LogP contribution in [0.2, 0.25) is 5.02 Å². The first kappa shape index (κ1) is 21.9. The van der Waals surface area contributed by atoms with Gasteiger partial charge < -0.3 is 9.30 Å². The SMILES string of the molecule is O=C(N=c1sccn1Cc1ccccc1)c1ccc(Cl)c(S(=O)(=O)N2CCOCC2)c1. The van der Waals surface area contributed by atoms with Crippen molar-refractivity contribution in [1.82, 2.24) is 8.87 Å². The van der Waals surface area contributed by atoms with Crippen LogP contribution in [0.25, 0.3) is 0 Å². The number of hydrogen-bond donors (Lipinski definition) is 0. The summed E-state index contributed by atoms with van der Waals surface area (Å²) in [6.45, 7) is 1.72. The second-order valence-electron chi connectivity index (χ2n) is 6.88. The molecule has 162 valence electrons. The van der Waals surface area contributed by atoms with Crippen molar-refractivity contribution in [3.63, 3.8) is 0 Å². The molecule has 4 rings (SSSR count). The largest absolute Gasteiger partial charge is 0.379 e. The minimum atomic E-state index is -3.83. The van der Waals surface area contributed by atoms with E-state index >= 15 is 0 Å². The number of hydrogen-bond acceptors (Lipinski definition) is 5. The van der Waals surface area contributed by atoms with E-state index in [1.807, 2.05) is 46.5 Å². The summed E-state index contributed by atoms with van der Waals surface area (Å²) < 4.78 is 34.4. The van der Waals surface area contributed by atoms with E-state index in [0.717, 1.165) is 5.56 Å². The maximum Gasteiger partial charge on any atom is 0.279 e. The predicted molar refractivity (Wildman–Crippen MR) is 119 cm³/mol. The van der Waals surface area contributed by atoms with Crippen LogP contribution in [0.15, 0.2) is 70.0 Å². The van der Waals surface area contributed by atoms with Gasteiger partial charge in [0.15, 0.2) is 4.80 Å². The molecule has 0 bridgehead atoms. The number of aromatic nitrogens is 1. The van der Waals surface area contributed by atoms with E-state index in [1.165, 1.54) is 33.8 Å². The molecule has 0 atom stereocenters. The first-order valence-corrected chi connectivity index (χ1v) is 12.3. The van der Waals surface area contributed by atoms with Crippen LogP contribution in [0.3, 0.4) is 0 Å². The van der Waals surface area contributed by atoms with Gasteiger partial charge in [0.1, 0.15) is 4.90 Å². The lowest BCUT2D eigenvalue weighted by Crippen LogP contribution is -2.40. The highest BCUT2D eigenvalue weighted by Crippen LogP contribution is 2.26. The lowest BCUT2D eigenvalue weighted by molar-refractivity contribution is 0.0730. The molecule has 1 aromatic heterocycles. The van der Waals surface area contributed by atoms with Crippen molar-refractivity contribution in [2.45, 2.75) is 11.4 Å². The highest BCUT2D eigenvalue weighted by Gasteiger charge is 2.29. The van der Waals surface area contributed by atoms with Gasteiger partial charge in [-0.1, -0.05) is 41.9 Å². The molecular formula is C21H20ClN3O4S2. The van der Waals surface area contributed by atoms with E-state index in [0.29, 0.717) is 24.6 Å². The average Bonchev–Trinajstić information content (AvgIpc) is 3.21. The lowest BCUT2D eigenvalue weighted by Gasteiger charge is -2.26. The maximum atomic E-state index is 13.0. The summed E-state index contributed by atoms with van der Waals surface area (Å²) in [6, 6.07) is 14.1. The Labute approximate surface area is 189 Å². The topological polar surface area (TPSA) is 81.0 Å². The number of rotatable bonds is 5. The van der Waals surface area contributed by atoms with Crippen molar-refractivity contribution in [3.8, 4) is 0 Å². The molecule has 3 aromatic rings. The summed E-state index contributed by atoms with van der Waals surface area (Å²) in [5.41, 5.74) is 1.25. The Bertz CT molecular complexity index is 1250. The van der Waals surface area contributed by atoms with Crippen molar-refractivity contribution in [2.24, 2.45) is 4.99 Å². The Morgan fingerprint density at radius 3 is 2.61 bits per heavy atom. The number of benzene rings is 2. The molecule has 2 aromatic carbocycles. The Morgan fingerprint density at radius 2 is 1.87 bits per heavy atom. The molecule has 1 amide bonds. The van der Waals surface area contributed by atoms with Gasteiger partial charge in [0.05, 0.1) is 18.2 Å². The van der Waals surface area contributed by atoms with E-state index in [4.69, 9.17) is 16.3 Å². The predicted octanol–water partition coefficient (Wildman–Crippen LogP) is 3.01. The highest BCUT2D eigenvalue weighted by atomic mass is 35.5. The van der Waals surface area contributed by atoms with Gasteiger partial charge >= 0.3 is 0 Å². The summed E-state index contributed by atoms with van der Waals surface area (Å²) in [5, 5.41) is 1.92. The van der Waals surface area contributed by atoms with Crippen LogP contribution < -0.4 is 4.80 Å².